The van der Waals surface area contributed by atoms with Crippen LogP contribution in [0.25, 0.3) is 0 Å². The van der Waals surface area contributed by atoms with Crippen LogP contribution in [0, 0.1) is 17.4 Å². The van der Waals surface area contributed by atoms with Gasteiger partial charge in [-0.2, -0.15) is 5.26 Å². The predicted octanol–water partition coefficient (Wildman–Crippen LogP) is 0.202. The van der Waals surface area contributed by atoms with Gasteiger partial charge in [-0.15, -0.1) is 11.7 Å². The Kier molecular flexibility index (Phi) is 4.40. The molecule has 0 aliphatic carbocycles. The van der Waals surface area contributed by atoms with Crippen molar-refractivity contribution in [2.45, 2.75) is 23.2 Å². The average molecular weight is 298 g/mol. The van der Waals surface area contributed by atoms with E-state index in [9.17, 15) is 15.3 Å². The number of aliphatic hydroxyl groups is 3. The molecule has 0 saturated carbocycles. The van der Waals surface area contributed by atoms with E-state index < -0.39 is 23.2 Å². The Bertz CT molecular complexity index is 507. The molecule has 1 aromatic rings. The van der Waals surface area contributed by atoms with E-state index in [0.29, 0.717) is 11.1 Å². The van der Waals surface area contributed by atoms with E-state index in [1.165, 1.54) is 12.1 Å². The summed E-state index contributed by atoms with van der Waals surface area (Å²) < 4.78 is 5.49. The van der Waals surface area contributed by atoms with Crippen molar-refractivity contribution >= 4 is 22.5 Å². The lowest BCUT2D eigenvalue weighted by molar-refractivity contribution is -0.204. The van der Waals surface area contributed by atoms with Crippen molar-refractivity contribution in [3.05, 3.63) is 35.4 Å². The van der Waals surface area contributed by atoms with E-state index in [2.05, 4.69) is 17.7 Å². The molecule has 3 N–H and O–H groups in total. The first-order valence-corrected chi connectivity index (χ1v) is 7.35. The number of benzene rings is 1. The number of nitriles is 1. The Morgan fingerprint density at radius 3 is 2.89 bits per heavy atom. The van der Waals surface area contributed by atoms with Crippen molar-refractivity contribution in [1.82, 2.24) is 0 Å². The van der Waals surface area contributed by atoms with Gasteiger partial charge in [0.25, 0.3) is 0 Å². The Balaban J connectivity index is 2.52. The van der Waals surface area contributed by atoms with E-state index in [1.54, 1.807) is 6.07 Å². The third-order valence-corrected chi connectivity index (χ3v) is 4.74. The van der Waals surface area contributed by atoms with E-state index in [4.69, 9.17) is 10.00 Å². The van der Waals surface area contributed by atoms with Crippen molar-refractivity contribution in [2.24, 2.45) is 0 Å². The molecule has 7 heteroatoms. The minimum atomic E-state index is -1.42. The summed E-state index contributed by atoms with van der Waals surface area (Å²) in [5.41, 5.74) is 0.666. The summed E-state index contributed by atoms with van der Waals surface area (Å²) in [6.07, 6.45) is -3.97. The third-order valence-electron chi connectivity index (χ3n) is 3.07. The molecular formula is C12H12NO4S2. The van der Waals surface area contributed by atoms with Crippen molar-refractivity contribution in [2.75, 3.05) is 6.61 Å². The van der Waals surface area contributed by atoms with Crippen molar-refractivity contribution in [1.29, 1.82) is 5.26 Å². The van der Waals surface area contributed by atoms with Gasteiger partial charge in [0.2, 0.25) is 0 Å². The highest BCUT2D eigenvalue weighted by molar-refractivity contribution is 8.68. The maximum Gasteiger partial charge on any atom is 0.178 e. The topological polar surface area (TPSA) is 93.7 Å². The van der Waals surface area contributed by atoms with Gasteiger partial charge in [-0.1, -0.05) is 16.9 Å². The molecule has 1 aliphatic rings. The van der Waals surface area contributed by atoms with Crippen LogP contribution in [0.1, 0.15) is 11.1 Å². The first-order valence-electron chi connectivity index (χ1n) is 5.48. The van der Waals surface area contributed by atoms with Gasteiger partial charge in [-0.25, -0.2) is 0 Å². The van der Waals surface area contributed by atoms with Gasteiger partial charge >= 0.3 is 0 Å². The molecule has 1 radical (unpaired) electrons. The largest absolute Gasteiger partial charge is 0.388 e. The van der Waals surface area contributed by atoms with E-state index in [0.717, 1.165) is 10.8 Å². The molecule has 101 valence electrons. The van der Waals surface area contributed by atoms with E-state index in [1.807, 2.05) is 6.07 Å². The van der Waals surface area contributed by atoms with Crippen molar-refractivity contribution in [3.63, 3.8) is 0 Å². The minimum Gasteiger partial charge on any atom is -0.388 e. The quantitative estimate of drug-likeness (QED) is 0.460. The number of aliphatic hydroxyl groups excluding tert-OH is 3. The molecule has 19 heavy (non-hydrogen) atoms. The maximum absolute atomic E-state index is 10.2. The smallest absolute Gasteiger partial charge is 0.178 e. The van der Waals surface area contributed by atoms with Crippen molar-refractivity contribution < 1.29 is 20.1 Å². The molecule has 4 atom stereocenters. The molecule has 5 nitrogen and oxygen atoms in total. The summed E-state index contributed by atoms with van der Waals surface area (Å²) in [6, 6.07) is 9.42. The second kappa shape index (κ2) is 5.71. The van der Waals surface area contributed by atoms with Crippen molar-refractivity contribution in [3.8, 4) is 6.07 Å². The molecule has 2 rings (SSSR count). The summed E-state index contributed by atoms with van der Waals surface area (Å²) in [5.74, 6) is 0. The van der Waals surface area contributed by atoms with E-state index in [-0.39, 0.29) is 6.61 Å². The van der Waals surface area contributed by atoms with Crippen LogP contribution in [-0.4, -0.2) is 40.2 Å². The number of ether oxygens (including phenoxy) is 1. The number of thiol groups is 1. The van der Waals surface area contributed by atoms with Gasteiger partial charge in [0, 0.05) is 5.56 Å². The summed E-state index contributed by atoms with van der Waals surface area (Å²) in [7, 11) is 0.870. The van der Waals surface area contributed by atoms with Gasteiger partial charge in [0.05, 0.1) is 18.2 Å². The number of hydrogen-bond acceptors (Lipinski definition) is 7. The molecular weight excluding hydrogens is 286 g/mol. The van der Waals surface area contributed by atoms with E-state index >= 15 is 0 Å². The zero-order chi connectivity index (χ0) is 14.0. The predicted molar refractivity (Wildman–Crippen MR) is 72.2 cm³/mol. The van der Waals surface area contributed by atoms with Crippen LogP contribution < -0.4 is 0 Å². The zero-order valence-corrected chi connectivity index (χ0v) is 11.4. The first-order chi connectivity index (χ1) is 9.06. The molecule has 0 spiro atoms. The Hall–Kier alpha value is -0.750. The summed E-state index contributed by atoms with van der Waals surface area (Å²) in [5, 5.41) is 38.6. The Labute approximate surface area is 119 Å². The molecule has 0 amide bonds. The highest BCUT2D eigenvalue weighted by Crippen LogP contribution is 2.47. The van der Waals surface area contributed by atoms with Crippen LogP contribution >= 0.6 is 22.5 Å². The lowest BCUT2D eigenvalue weighted by Gasteiger charge is -2.44. The van der Waals surface area contributed by atoms with Crippen LogP contribution in [0.5, 0.6) is 0 Å². The number of nitrogens with zero attached hydrogens (tertiary/aromatic N) is 1. The molecule has 1 heterocycles. The fourth-order valence-corrected chi connectivity index (χ4v) is 3.42. The summed E-state index contributed by atoms with van der Waals surface area (Å²) in [4.78, 5) is -1.41. The summed E-state index contributed by atoms with van der Waals surface area (Å²) >= 11 is 4.09. The molecule has 0 unspecified atom stereocenters. The fourth-order valence-electron chi connectivity index (χ4n) is 2.01. The second-order valence-electron chi connectivity index (χ2n) is 4.16. The molecule has 0 aromatic heterocycles. The highest BCUT2D eigenvalue weighted by Gasteiger charge is 2.51. The van der Waals surface area contributed by atoms with Gasteiger partial charge in [0.1, 0.15) is 18.3 Å². The number of rotatable bonds is 2. The molecule has 1 aliphatic heterocycles. The second-order valence-corrected chi connectivity index (χ2v) is 5.49. The van der Waals surface area contributed by atoms with Gasteiger partial charge in [-0.3, -0.25) is 0 Å². The van der Waals surface area contributed by atoms with Crippen LogP contribution in [0.4, 0.5) is 0 Å². The fraction of sp³-hybridized carbons (Fsp3) is 0.417. The average Bonchev–Trinajstić information content (AvgIpc) is 2.46. The standard InChI is InChI=1S/C12H12NO4S2/c13-5-7-3-1-2-4-8(7)12(19-18)11(16)10(15)9(14)6-17-12/h1,3-4,9-11,14-16,18H,6H2/t9-,10-,11+,12-/m1/s1. The number of hydrogen-bond donors (Lipinski definition) is 4. The monoisotopic (exact) mass is 298 g/mol. The van der Waals surface area contributed by atoms with Crippen LogP contribution in [0.2, 0.25) is 0 Å². The molecule has 1 fully saturated rings. The van der Waals surface area contributed by atoms with Gasteiger partial charge in [0.15, 0.2) is 4.93 Å². The summed E-state index contributed by atoms with van der Waals surface area (Å²) in [6.45, 7) is -0.161. The third kappa shape index (κ3) is 2.36. The van der Waals surface area contributed by atoms with Crippen LogP contribution in [0.3, 0.4) is 0 Å². The van der Waals surface area contributed by atoms with Crippen LogP contribution in [-0.2, 0) is 9.67 Å². The highest BCUT2D eigenvalue weighted by atomic mass is 33.1. The SMILES string of the molecule is N#Cc1cc[c]cc1[C@]1(SS)OC[C@@H](O)[C@@H](O)[C@@H]1O. The normalized spacial score (nSPS) is 34.8. The lowest BCUT2D eigenvalue weighted by atomic mass is 9.91. The minimum absolute atomic E-state index is 0.161. The molecule has 1 saturated heterocycles. The maximum atomic E-state index is 10.2. The first kappa shape index (κ1) is 14.7. The van der Waals surface area contributed by atoms with Gasteiger partial charge in [-0.05, 0) is 18.2 Å². The molecule has 0 bridgehead atoms. The van der Waals surface area contributed by atoms with Gasteiger partial charge < -0.3 is 20.1 Å². The zero-order valence-electron chi connectivity index (χ0n) is 9.72. The lowest BCUT2D eigenvalue weighted by Crippen LogP contribution is -2.57. The Morgan fingerprint density at radius 1 is 1.53 bits per heavy atom. The Morgan fingerprint density at radius 2 is 2.26 bits per heavy atom. The molecule has 1 aromatic carbocycles. The van der Waals surface area contributed by atoms with Crippen LogP contribution in [0.15, 0.2) is 18.2 Å².